The largest absolute Gasteiger partial charge is 0.384 e. The van der Waals surface area contributed by atoms with E-state index in [0.29, 0.717) is 56.6 Å². The molecule has 3 heterocycles. The molecule has 1 saturated heterocycles. The highest BCUT2D eigenvalue weighted by Crippen LogP contribution is 2.30. The van der Waals surface area contributed by atoms with Crippen molar-refractivity contribution in [1.82, 2.24) is 35.1 Å². The minimum absolute atomic E-state index is 0.0213. The highest BCUT2D eigenvalue weighted by Gasteiger charge is 2.30. The van der Waals surface area contributed by atoms with Gasteiger partial charge in [-0.2, -0.15) is 0 Å². The van der Waals surface area contributed by atoms with E-state index >= 15 is 0 Å². The maximum Gasteiger partial charge on any atom is 0.333 e. The van der Waals surface area contributed by atoms with Crippen LogP contribution in [0.5, 0.6) is 0 Å². The molecule has 12 heteroatoms. The number of hydrogen-bond donors (Lipinski definition) is 4. The number of benzene rings is 2. The Hall–Kier alpha value is -4.39. The number of H-pyrrole nitrogens is 1. The lowest BCUT2D eigenvalue weighted by atomic mass is 9.83. The first-order valence-electron chi connectivity index (χ1n) is 18.0. The number of imidazole rings is 2. The van der Waals surface area contributed by atoms with E-state index in [2.05, 4.69) is 25.6 Å². The Morgan fingerprint density at radius 1 is 1.02 bits per heavy atom. The molecule has 266 valence electrons. The number of carbonyl (C=O) groups is 3. The van der Waals surface area contributed by atoms with Gasteiger partial charge in [0.15, 0.2) is 0 Å². The first kappa shape index (κ1) is 35.4. The number of imide groups is 1. The van der Waals surface area contributed by atoms with E-state index < -0.39 is 24.0 Å². The van der Waals surface area contributed by atoms with Gasteiger partial charge in [-0.25, -0.2) is 14.8 Å². The molecule has 2 aromatic heterocycles. The highest BCUT2D eigenvalue weighted by atomic mass is 16.5. The van der Waals surface area contributed by atoms with Crippen molar-refractivity contribution in [3.8, 4) is 0 Å². The summed E-state index contributed by atoms with van der Waals surface area (Å²) in [6.45, 7) is 3.93. The van der Waals surface area contributed by atoms with Crippen LogP contribution in [0.3, 0.4) is 0 Å². The van der Waals surface area contributed by atoms with Gasteiger partial charge in [-0.15, -0.1) is 0 Å². The fraction of sp³-hybridized carbons (Fsp3) is 0.500. The van der Waals surface area contributed by atoms with E-state index in [4.69, 9.17) is 4.74 Å². The summed E-state index contributed by atoms with van der Waals surface area (Å²) in [5.74, 6) is -0.304. The van der Waals surface area contributed by atoms with Crippen LogP contribution in [-0.4, -0.2) is 85.8 Å². The Morgan fingerprint density at radius 3 is 2.58 bits per heavy atom. The van der Waals surface area contributed by atoms with Crippen LogP contribution in [0, 0.1) is 11.8 Å². The molecule has 4 atom stereocenters. The van der Waals surface area contributed by atoms with Crippen molar-refractivity contribution in [3.05, 3.63) is 84.5 Å². The van der Waals surface area contributed by atoms with E-state index in [9.17, 15) is 19.5 Å². The van der Waals surface area contributed by atoms with Crippen LogP contribution in [-0.2, 0) is 27.2 Å². The summed E-state index contributed by atoms with van der Waals surface area (Å²) in [5, 5.41) is 19.4. The van der Waals surface area contributed by atoms with Gasteiger partial charge in [0.05, 0.1) is 24.8 Å². The number of nitrogens with zero attached hydrogens (tertiary/aromatic N) is 4. The molecule has 0 radical (unpaired) electrons. The normalized spacial score (nSPS) is 18.0. The summed E-state index contributed by atoms with van der Waals surface area (Å²) in [5.41, 5.74) is 1.61. The van der Waals surface area contributed by atoms with Crippen LogP contribution in [0.4, 0.5) is 4.79 Å². The Labute approximate surface area is 293 Å². The summed E-state index contributed by atoms with van der Waals surface area (Å²) in [6.07, 6.45) is 13.3. The number of nitrogens with one attached hydrogen (secondary N) is 3. The van der Waals surface area contributed by atoms with Crippen LogP contribution in [0.25, 0.3) is 10.8 Å². The first-order chi connectivity index (χ1) is 24.3. The van der Waals surface area contributed by atoms with Crippen LogP contribution in [0.15, 0.2) is 67.4 Å². The molecule has 50 heavy (non-hydrogen) atoms. The van der Waals surface area contributed by atoms with Crippen molar-refractivity contribution < 1.29 is 24.2 Å². The number of aromatic amines is 1. The average molecular weight is 684 g/mol. The van der Waals surface area contributed by atoms with Crippen molar-refractivity contribution in [2.24, 2.45) is 11.8 Å². The zero-order valence-corrected chi connectivity index (χ0v) is 28.8. The number of ether oxygens (including phenoxy) is 1. The molecule has 1 aliphatic carbocycles. The van der Waals surface area contributed by atoms with Crippen molar-refractivity contribution in [3.63, 3.8) is 0 Å². The molecular weight excluding hydrogens is 634 g/mol. The summed E-state index contributed by atoms with van der Waals surface area (Å²) >= 11 is 0. The number of amides is 3. The molecule has 4 aromatic rings. The van der Waals surface area contributed by atoms with Gasteiger partial charge in [-0.3, -0.25) is 19.5 Å². The van der Waals surface area contributed by atoms with E-state index in [1.54, 1.807) is 23.5 Å². The Morgan fingerprint density at radius 2 is 1.80 bits per heavy atom. The number of aliphatic hydroxyl groups is 1. The predicted molar refractivity (Wildman–Crippen MR) is 189 cm³/mol. The summed E-state index contributed by atoms with van der Waals surface area (Å²) in [6, 6.07) is 13.0. The second kappa shape index (κ2) is 17.0. The molecule has 0 spiro atoms. The van der Waals surface area contributed by atoms with Crippen molar-refractivity contribution in [2.75, 3.05) is 26.3 Å². The van der Waals surface area contributed by atoms with Crippen LogP contribution in [0.1, 0.15) is 75.1 Å². The number of aromatic nitrogens is 4. The van der Waals surface area contributed by atoms with Crippen LogP contribution >= 0.6 is 0 Å². The monoisotopic (exact) mass is 683 g/mol. The molecule has 2 aliphatic rings. The number of morpholine rings is 1. The predicted octanol–water partition coefficient (Wildman–Crippen LogP) is 4.54. The molecule has 4 N–H and O–H groups in total. The molecule has 3 amide bonds. The summed E-state index contributed by atoms with van der Waals surface area (Å²) in [4.78, 5) is 53.9. The zero-order chi connectivity index (χ0) is 34.9. The van der Waals surface area contributed by atoms with Crippen molar-refractivity contribution in [1.29, 1.82) is 0 Å². The molecule has 1 aliphatic heterocycles. The zero-order valence-electron chi connectivity index (χ0n) is 28.8. The Kier molecular flexibility index (Phi) is 12.1. The quantitative estimate of drug-likeness (QED) is 0.160. The average Bonchev–Trinajstić information content (AvgIpc) is 3.85. The maximum atomic E-state index is 13.7. The molecule has 2 aromatic carbocycles. The summed E-state index contributed by atoms with van der Waals surface area (Å²) < 4.78 is 6.68. The van der Waals surface area contributed by atoms with Gasteiger partial charge in [-0.05, 0) is 42.0 Å². The number of carbonyl (C=O) groups excluding carboxylic acids is 3. The van der Waals surface area contributed by atoms with Gasteiger partial charge >= 0.3 is 6.03 Å². The lowest BCUT2D eigenvalue weighted by molar-refractivity contribution is -0.139. The third-order valence-electron chi connectivity index (χ3n) is 10.1. The second-order valence-corrected chi connectivity index (χ2v) is 13.8. The number of hydrogen-bond acceptors (Lipinski definition) is 8. The first-order valence-corrected chi connectivity index (χ1v) is 18.0. The molecule has 12 nitrogen and oxygen atoms in total. The van der Waals surface area contributed by atoms with Crippen molar-refractivity contribution >= 4 is 28.6 Å². The molecular formula is C38H49N7O5. The Bertz CT molecular complexity index is 1710. The Balaban J connectivity index is 1.10. The smallest absolute Gasteiger partial charge is 0.333 e. The third-order valence-corrected chi connectivity index (χ3v) is 10.1. The molecule has 0 bridgehead atoms. The minimum atomic E-state index is -0.777. The number of aliphatic hydroxyl groups excluding tert-OH is 1. The van der Waals surface area contributed by atoms with E-state index in [1.165, 1.54) is 43.0 Å². The maximum absolute atomic E-state index is 13.7. The van der Waals surface area contributed by atoms with Gasteiger partial charge < -0.3 is 25.0 Å². The topological polar surface area (TPSA) is 154 Å². The van der Waals surface area contributed by atoms with Gasteiger partial charge in [0.2, 0.25) is 11.8 Å². The van der Waals surface area contributed by atoms with E-state index in [1.807, 2.05) is 49.4 Å². The SMILES string of the molecule is C[C@H](Cc1cn(C(=O)NC(=O)C(CC(=O)N2CCOCC2)Cc2cccc3ccccc23)cn1)N[C@@H](CC1CCCCC1)[C@@H](O)c1ncc[nH]1. The highest BCUT2D eigenvalue weighted by molar-refractivity contribution is 5.98. The summed E-state index contributed by atoms with van der Waals surface area (Å²) in [7, 11) is 0. The molecule has 2 fully saturated rings. The number of fused-ring (bicyclic) bond motifs is 1. The van der Waals surface area contributed by atoms with Crippen LogP contribution in [0.2, 0.25) is 0 Å². The molecule has 1 saturated carbocycles. The minimum Gasteiger partial charge on any atom is -0.384 e. The fourth-order valence-corrected chi connectivity index (χ4v) is 7.44. The van der Waals surface area contributed by atoms with E-state index in [-0.39, 0.29) is 24.4 Å². The lowest BCUT2D eigenvalue weighted by Crippen LogP contribution is -2.44. The number of rotatable bonds is 13. The third kappa shape index (κ3) is 9.23. The van der Waals surface area contributed by atoms with Gasteiger partial charge in [-0.1, -0.05) is 74.6 Å². The van der Waals surface area contributed by atoms with Crippen molar-refractivity contribution in [2.45, 2.75) is 82.9 Å². The van der Waals surface area contributed by atoms with Crippen LogP contribution < -0.4 is 10.6 Å². The van der Waals surface area contributed by atoms with Gasteiger partial charge in [0.1, 0.15) is 18.3 Å². The van der Waals surface area contributed by atoms with E-state index in [0.717, 1.165) is 22.8 Å². The standard InChI is InChI=1S/C38H49N7O5/c1-26(42-33(21-27-8-3-2-4-9-27)35(47)36-39-14-15-40-36)20-31-24-45(25-41-31)38(49)43-37(48)30(23-34(46)44-16-18-50-19-17-44)22-29-12-7-11-28-10-5-6-13-32(28)29/h5-7,10-15,24-27,30,33,35,42,47H,2-4,8-9,16-23H2,1H3,(H,39,40)(H,43,48,49)/t26-,30?,33+,35-/m1/s1. The molecule has 1 unspecified atom stereocenters. The fourth-order valence-electron chi connectivity index (χ4n) is 7.44. The lowest BCUT2D eigenvalue weighted by Gasteiger charge is -2.31. The van der Waals surface area contributed by atoms with Gasteiger partial charge in [0.25, 0.3) is 0 Å². The molecule has 6 rings (SSSR count). The van der Waals surface area contributed by atoms with Gasteiger partial charge in [0, 0.05) is 56.6 Å². The second-order valence-electron chi connectivity index (χ2n) is 13.8.